The summed E-state index contributed by atoms with van der Waals surface area (Å²) in [7, 11) is 2.64. The lowest BCUT2D eigenvalue weighted by Crippen LogP contribution is -2.18. The summed E-state index contributed by atoms with van der Waals surface area (Å²) in [6.07, 6.45) is 2.01. The number of aryl methyl sites for hydroxylation is 1. The van der Waals surface area contributed by atoms with Crippen molar-refractivity contribution in [2.24, 2.45) is 4.99 Å². The van der Waals surface area contributed by atoms with E-state index in [-0.39, 0.29) is 0 Å². The quantitative estimate of drug-likeness (QED) is 0.542. The number of rotatable bonds is 6. The molecule has 1 aromatic heterocycles. The smallest absolute Gasteiger partial charge is 0.337 e. The SMILES string of the molecule is COC(=O)c1ccc(C(=O)N=c2sc3cc(C(=O)OC)ccc3n2CCSC)cc1. The topological polar surface area (TPSA) is 87.0 Å². The highest BCUT2D eigenvalue weighted by atomic mass is 32.2. The summed E-state index contributed by atoms with van der Waals surface area (Å²) < 4.78 is 12.3. The molecule has 0 spiro atoms. The van der Waals surface area contributed by atoms with Crippen LogP contribution in [-0.2, 0) is 16.0 Å². The van der Waals surface area contributed by atoms with Gasteiger partial charge >= 0.3 is 11.9 Å². The molecule has 1 amide bonds. The highest BCUT2D eigenvalue weighted by molar-refractivity contribution is 7.98. The molecule has 0 saturated heterocycles. The van der Waals surface area contributed by atoms with E-state index in [9.17, 15) is 14.4 Å². The number of carbonyl (C=O) groups excluding carboxylic acids is 3. The number of amides is 1. The lowest BCUT2D eigenvalue weighted by atomic mass is 10.1. The van der Waals surface area contributed by atoms with Gasteiger partial charge in [0, 0.05) is 17.9 Å². The third kappa shape index (κ3) is 4.63. The third-order valence-electron chi connectivity index (χ3n) is 4.37. The van der Waals surface area contributed by atoms with Crippen LogP contribution >= 0.6 is 23.1 Å². The number of aromatic nitrogens is 1. The van der Waals surface area contributed by atoms with Crippen LogP contribution in [0.15, 0.2) is 47.5 Å². The molecule has 0 fully saturated rings. The Balaban J connectivity index is 2.03. The molecule has 3 rings (SSSR count). The van der Waals surface area contributed by atoms with Crippen molar-refractivity contribution >= 4 is 51.2 Å². The summed E-state index contributed by atoms with van der Waals surface area (Å²) in [4.78, 5) is 41.0. The van der Waals surface area contributed by atoms with Crippen LogP contribution in [0.25, 0.3) is 10.2 Å². The van der Waals surface area contributed by atoms with E-state index in [4.69, 9.17) is 4.74 Å². The Kier molecular flexibility index (Phi) is 7.07. The van der Waals surface area contributed by atoms with E-state index < -0.39 is 17.8 Å². The Morgan fingerprint density at radius 2 is 1.57 bits per heavy atom. The third-order valence-corrected chi connectivity index (χ3v) is 6.00. The fraction of sp³-hybridized carbons (Fsp3) is 0.238. The van der Waals surface area contributed by atoms with Crippen molar-refractivity contribution in [2.45, 2.75) is 6.54 Å². The molecule has 156 valence electrons. The number of ether oxygens (including phenoxy) is 2. The van der Waals surface area contributed by atoms with Crippen molar-refractivity contribution in [1.82, 2.24) is 4.57 Å². The van der Waals surface area contributed by atoms with Crippen molar-refractivity contribution in [2.75, 3.05) is 26.2 Å². The van der Waals surface area contributed by atoms with Crippen LogP contribution < -0.4 is 4.80 Å². The Bertz CT molecular complexity index is 1160. The molecule has 0 aliphatic heterocycles. The van der Waals surface area contributed by atoms with Crippen molar-refractivity contribution in [3.05, 3.63) is 64.0 Å². The van der Waals surface area contributed by atoms with Crippen LogP contribution in [0.4, 0.5) is 0 Å². The van der Waals surface area contributed by atoms with Crippen LogP contribution in [0, 0.1) is 0 Å². The molecule has 2 aromatic carbocycles. The number of hydrogen-bond acceptors (Lipinski definition) is 7. The minimum absolute atomic E-state index is 0.362. The molecular weight excluding hydrogens is 424 g/mol. The number of benzene rings is 2. The predicted molar refractivity (Wildman–Crippen MR) is 117 cm³/mol. The number of fused-ring (bicyclic) bond motifs is 1. The number of thioether (sulfide) groups is 1. The van der Waals surface area contributed by atoms with Gasteiger partial charge in [-0.1, -0.05) is 11.3 Å². The Morgan fingerprint density at radius 1 is 0.967 bits per heavy atom. The average molecular weight is 445 g/mol. The van der Waals surface area contributed by atoms with Gasteiger partial charge in [0.25, 0.3) is 5.91 Å². The van der Waals surface area contributed by atoms with Gasteiger partial charge in [-0.2, -0.15) is 16.8 Å². The Hall–Kier alpha value is -2.91. The fourth-order valence-corrected chi connectivity index (χ4v) is 4.28. The summed E-state index contributed by atoms with van der Waals surface area (Å²) in [6, 6.07) is 11.4. The average Bonchev–Trinajstić information content (AvgIpc) is 3.12. The normalized spacial score (nSPS) is 11.5. The molecule has 0 N–H and O–H groups in total. The van der Waals surface area contributed by atoms with Gasteiger partial charge in [0.2, 0.25) is 0 Å². The summed E-state index contributed by atoms with van der Waals surface area (Å²) in [5, 5.41) is 0. The number of methoxy groups -OCH3 is 2. The number of thiazole rings is 1. The molecule has 0 aliphatic rings. The van der Waals surface area contributed by atoms with Crippen molar-refractivity contribution < 1.29 is 23.9 Å². The fourth-order valence-electron chi connectivity index (χ4n) is 2.82. The molecule has 0 atom stereocenters. The van der Waals surface area contributed by atoms with E-state index in [1.54, 1.807) is 36.0 Å². The van der Waals surface area contributed by atoms with Gasteiger partial charge < -0.3 is 14.0 Å². The molecule has 1 heterocycles. The van der Waals surface area contributed by atoms with Gasteiger partial charge in [-0.05, 0) is 48.7 Å². The first-order valence-corrected chi connectivity index (χ1v) is 11.2. The number of esters is 2. The second kappa shape index (κ2) is 9.73. The molecule has 0 aliphatic carbocycles. The molecule has 0 unspecified atom stereocenters. The van der Waals surface area contributed by atoms with Crippen molar-refractivity contribution in [1.29, 1.82) is 0 Å². The van der Waals surface area contributed by atoms with Crippen molar-refractivity contribution in [3.63, 3.8) is 0 Å². The van der Waals surface area contributed by atoms with E-state index >= 15 is 0 Å². The van der Waals surface area contributed by atoms with Gasteiger partial charge in [0.15, 0.2) is 4.80 Å². The number of carbonyl (C=O) groups is 3. The zero-order valence-electron chi connectivity index (χ0n) is 16.7. The monoisotopic (exact) mass is 444 g/mol. The minimum atomic E-state index is -0.466. The maximum Gasteiger partial charge on any atom is 0.337 e. The molecular formula is C21H20N2O5S2. The molecule has 7 nitrogen and oxygen atoms in total. The highest BCUT2D eigenvalue weighted by Gasteiger charge is 2.13. The highest BCUT2D eigenvalue weighted by Crippen LogP contribution is 2.20. The number of hydrogen-bond donors (Lipinski definition) is 0. The molecule has 30 heavy (non-hydrogen) atoms. The van der Waals surface area contributed by atoms with Crippen LogP contribution in [0.2, 0.25) is 0 Å². The lowest BCUT2D eigenvalue weighted by molar-refractivity contribution is 0.0592. The molecule has 0 saturated carbocycles. The predicted octanol–water partition coefficient (Wildman–Crippen LogP) is 3.38. The summed E-state index contributed by atoms with van der Waals surface area (Å²) in [5.41, 5.74) is 2.07. The first-order chi connectivity index (χ1) is 14.5. The van der Waals surface area contributed by atoms with Crippen LogP contribution in [0.3, 0.4) is 0 Å². The lowest BCUT2D eigenvalue weighted by Gasteiger charge is -2.04. The minimum Gasteiger partial charge on any atom is -0.465 e. The molecule has 0 radical (unpaired) electrons. The Labute approximate surface area is 181 Å². The first-order valence-electron chi connectivity index (χ1n) is 8.96. The van der Waals surface area contributed by atoms with E-state index in [2.05, 4.69) is 9.73 Å². The van der Waals surface area contributed by atoms with Crippen molar-refractivity contribution in [3.8, 4) is 0 Å². The zero-order valence-corrected chi connectivity index (χ0v) is 18.3. The molecule has 3 aromatic rings. The maximum atomic E-state index is 12.7. The van der Waals surface area contributed by atoms with Gasteiger partial charge in [-0.3, -0.25) is 4.79 Å². The Morgan fingerprint density at radius 3 is 2.20 bits per heavy atom. The van der Waals surface area contributed by atoms with Crippen LogP contribution in [0.5, 0.6) is 0 Å². The summed E-state index contributed by atoms with van der Waals surface area (Å²) in [6.45, 7) is 0.673. The van der Waals surface area contributed by atoms with Crippen LogP contribution in [0.1, 0.15) is 31.1 Å². The van der Waals surface area contributed by atoms with E-state index in [0.29, 0.717) is 28.0 Å². The van der Waals surface area contributed by atoms with E-state index in [1.807, 2.05) is 16.9 Å². The first kappa shape index (κ1) is 21.8. The van der Waals surface area contributed by atoms with E-state index in [1.165, 1.54) is 37.7 Å². The summed E-state index contributed by atoms with van der Waals surface area (Å²) in [5.74, 6) is -0.447. The maximum absolute atomic E-state index is 12.7. The largest absolute Gasteiger partial charge is 0.465 e. The van der Waals surface area contributed by atoms with Gasteiger partial charge in [-0.15, -0.1) is 0 Å². The standard InChI is InChI=1S/C21H20N2O5S2/c1-27-19(25)14-6-4-13(5-7-14)18(24)22-21-23(10-11-29-3)16-9-8-15(20(26)28-2)12-17(16)30-21/h4-9,12H,10-11H2,1-3H3. The summed E-state index contributed by atoms with van der Waals surface area (Å²) >= 11 is 3.03. The number of nitrogens with zero attached hydrogens (tertiary/aromatic N) is 2. The van der Waals surface area contributed by atoms with Gasteiger partial charge in [-0.25, -0.2) is 9.59 Å². The second-order valence-corrected chi connectivity index (χ2v) is 8.18. The zero-order chi connectivity index (χ0) is 21.7. The second-order valence-electron chi connectivity index (χ2n) is 6.19. The van der Waals surface area contributed by atoms with Crippen LogP contribution in [-0.4, -0.2) is 48.6 Å². The molecule has 0 bridgehead atoms. The van der Waals surface area contributed by atoms with Gasteiger partial charge in [0.05, 0.1) is 35.6 Å². The van der Waals surface area contributed by atoms with Gasteiger partial charge in [0.1, 0.15) is 0 Å². The van der Waals surface area contributed by atoms with E-state index in [0.717, 1.165) is 16.0 Å². The molecule has 9 heteroatoms.